The quantitative estimate of drug-likeness (QED) is 0.486. The zero-order chi connectivity index (χ0) is 12.8. The summed E-state index contributed by atoms with van der Waals surface area (Å²) in [5.74, 6) is 0. The van der Waals surface area contributed by atoms with E-state index in [1.165, 1.54) is 6.21 Å². The van der Waals surface area contributed by atoms with E-state index in [1.807, 2.05) is 46.8 Å². The van der Waals surface area contributed by atoms with Gasteiger partial charge in [-0.05, 0) is 18.6 Å². The molecule has 0 saturated carbocycles. The van der Waals surface area contributed by atoms with Crippen molar-refractivity contribution in [1.82, 2.24) is 10.4 Å². The van der Waals surface area contributed by atoms with Gasteiger partial charge in [-0.25, -0.2) is 5.43 Å². The van der Waals surface area contributed by atoms with Crippen molar-refractivity contribution >= 4 is 12.6 Å². The molecule has 1 rings (SSSR count). The fraction of sp³-hybridized carbons (Fsp3) is 0.417. The van der Waals surface area contributed by atoms with Crippen molar-refractivity contribution in [2.45, 2.75) is 34.6 Å². The Hall–Kier alpha value is -1.71. The predicted molar refractivity (Wildman–Crippen MR) is 68.5 cm³/mol. The molecule has 1 amide bonds. The SMILES string of the molecule is CC.CC.Cc1cccnc1/C=N\NC=O. The van der Waals surface area contributed by atoms with Crippen LogP contribution in [-0.2, 0) is 4.79 Å². The Balaban J connectivity index is 0. The topological polar surface area (TPSA) is 54.4 Å². The first kappa shape index (κ1) is 16.7. The summed E-state index contributed by atoms with van der Waals surface area (Å²) >= 11 is 0. The van der Waals surface area contributed by atoms with E-state index in [2.05, 4.69) is 15.5 Å². The maximum absolute atomic E-state index is 9.83. The Morgan fingerprint density at radius 3 is 2.44 bits per heavy atom. The summed E-state index contributed by atoms with van der Waals surface area (Å²) in [6.07, 6.45) is 3.69. The number of pyridine rings is 1. The van der Waals surface area contributed by atoms with Gasteiger partial charge in [0.1, 0.15) is 0 Å². The number of rotatable bonds is 3. The first-order valence-corrected chi connectivity index (χ1v) is 5.48. The molecular formula is C12H21N3O. The second-order valence-corrected chi connectivity index (χ2v) is 2.21. The highest BCUT2D eigenvalue weighted by atomic mass is 16.1. The fourth-order valence-electron chi connectivity index (χ4n) is 0.762. The van der Waals surface area contributed by atoms with Gasteiger partial charge in [0.05, 0.1) is 11.9 Å². The molecule has 1 heterocycles. The van der Waals surface area contributed by atoms with Gasteiger partial charge in [0, 0.05) is 6.20 Å². The molecule has 0 radical (unpaired) electrons. The molecule has 4 nitrogen and oxygen atoms in total. The Kier molecular flexibility index (Phi) is 13.9. The summed E-state index contributed by atoms with van der Waals surface area (Å²) < 4.78 is 0. The third-order valence-electron chi connectivity index (χ3n) is 1.36. The lowest BCUT2D eigenvalue weighted by Gasteiger charge is -1.95. The van der Waals surface area contributed by atoms with Gasteiger partial charge in [0.2, 0.25) is 6.41 Å². The largest absolute Gasteiger partial charge is 0.277 e. The molecule has 0 fully saturated rings. The minimum atomic E-state index is 0.509. The molecule has 0 atom stereocenters. The smallest absolute Gasteiger partial charge is 0.227 e. The molecule has 90 valence electrons. The molecule has 4 heteroatoms. The van der Waals surface area contributed by atoms with E-state index in [-0.39, 0.29) is 0 Å². The molecule has 0 aliphatic heterocycles. The van der Waals surface area contributed by atoms with Gasteiger partial charge >= 0.3 is 0 Å². The third-order valence-corrected chi connectivity index (χ3v) is 1.36. The molecule has 0 saturated heterocycles. The van der Waals surface area contributed by atoms with Crippen LogP contribution in [0.25, 0.3) is 0 Å². The lowest BCUT2D eigenvalue weighted by molar-refractivity contribution is -0.109. The van der Waals surface area contributed by atoms with E-state index in [0.29, 0.717) is 6.41 Å². The Bertz CT molecular complexity index is 298. The van der Waals surface area contributed by atoms with Crippen molar-refractivity contribution in [1.29, 1.82) is 0 Å². The van der Waals surface area contributed by atoms with Crippen LogP contribution in [-0.4, -0.2) is 17.6 Å². The number of nitrogens with zero attached hydrogens (tertiary/aromatic N) is 2. The molecule has 1 aromatic rings. The van der Waals surface area contributed by atoms with Gasteiger partial charge in [-0.2, -0.15) is 5.10 Å². The zero-order valence-corrected chi connectivity index (χ0v) is 10.7. The van der Waals surface area contributed by atoms with E-state index in [1.54, 1.807) is 6.20 Å². The number of aromatic nitrogens is 1. The second kappa shape index (κ2) is 13.3. The van der Waals surface area contributed by atoms with Crippen molar-refractivity contribution in [3.63, 3.8) is 0 Å². The van der Waals surface area contributed by atoms with Crippen molar-refractivity contribution < 1.29 is 4.79 Å². The summed E-state index contributed by atoms with van der Waals surface area (Å²) in [6, 6.07) is 3.77. The maximum Gasteiger partial charge on any atom is 0.227 e. The van der Waals surface area contributed by atoms with E-state index >= 15 is 0 Å². The number of carbonyl (C=O) groups is 1. The van der Waals surface area contributed by atoms with Crippen LogP contribution in [0.3, 0.4) is 0 Å². The van der Waals surface area contributed by atoms with E-state index in [0.717, 1.165) is 11.3 Å². The van der Waals surface area contributed by atoms with Crippen LogP contribution < -0.4 is 5.43 Å². The number of aryl methyl sites for hydroxylation is 1. The van der Waals surface area contributed by atoms with Crippen LogP contribution in [0.5, 0.6) is 0 Å². The molecule has 0 aliphatic carbocycles. The summed E-state index contributed by atoms with van der Waals surface area (Å²) in [7, 11) is 0. The highest BCUT2D eigenvalue weighted by Gasteiger charge is 1.91. The number of carbonyl (C=O) groups excluding carboxylic acids is 1. The Morgan fingerprint density at radius 2 is 1.94 bits per heavy atom. The minimum absolute atomic E-state index is 0.509. The minimum Gasteiger partial charge on any atom is -0.277 e. The van der Waals surface area contributed by atoms with Gasteiger partial charge in [-0.15, -0.1) is 0 Å². The number of amides is 1. The second-order valence-electron chi connectivity index (χ2n) is 2.21. The molecule has 1 aromatic heterocycles. The van der Waals surface area contributed by atoms with Gasteiger partial charge in [0.25, 0.3) is 0 Å². The van der Waals surface area contributed by atoms with Crippen molar-refractivity contribution in [3.05, 3.63) is 29.6 Å². The van der Waals surface area contributed by atoms with Crippen LogP contribution in [0.4, 0.5) is 0 Å². The van der Waals surface area contributed by atoms with E-state index in [9.17, 15) is 4.79 Å². The first-order valence-electron chi connectivity index (χ1n) is 5.48. The Morgan fingerprint density at radius 1 is 1.31 bits per heavy atom. The lowest BCUT2D eigenvalue weighted by Crippen LogP contribution is -2.02. The van der Waals surface area contributed by atoms with Gasteiger partial charge in [0.15, 0.2) is 0 Å². The predicted octanol–water partition coefficient (Wildman–Crippen LogP) is 2.52. The van der Waals surface area contributed by atoms with Crippen LogP contribution in [0.2, 0.25) is 0 Å². The first-order chi connectivity index (χ1) is 7.84. The van der Waals surface area contributed by atoms with Crippen LogP contribution in [0.1, 0.15) is 39.0 Å². The van der Waals surface area contributed by atoms with Crippen molar-refractivity contribution in [2.24, 2.45) is 5.10 Å². The number of nitrogens with one attached hydrogen (secondary N) is 1. The number of hydrogen-bond acceptors (Lipinski definition) is 3. The van der Waals surface area contributed by atoms with Gasteiger partial charge in [-0.3, -0.25) is 9.78 Å². The molecule has 0 aromatic carbocycles. The highest BCUT2D eigenvalue weighted by molar-refractivity contribution is 5.79. The normalized spacial score (nSPS) is 8.31. The molecule has 16 heavy (non-hydrogen) atoms. The average molecular weight is 223 g/mol. The maximum atomic E-state index is 9.83. The van der Waals surface area contributed by atoms with Crippen molar-refractivity contribution in [2.75, 3.05) is 0 Å². The fourth-order valence-corrected chi connectivity index (χ4v) is 0.762. The van der Waals surface area contributed by atoms with Gasteiger partial charge < -0.3 is 0 Å². The number of hydrazone groups is 1. The average Bonchev–Trinajstić information content (AvgIpc) is 2.37. The molecule has 0 spiro atoms. The van der Waals surface area contributed by atoms with Crippen LogP contribution >= 0.6 is 0 Å². The van der Waals surface area contributed by atoms with Crippen molar-refractivity contribution in [3.8, 4) is 0 Å². The summed E-state index contributed by atoms with van der Waals surface area (Å²) in [6.45, 7) is 9.93. The van der Waals surface area contributed by atoms with Gasteiger partial charge in [-0.1, -0.05) is 33.8 Å². The van der Waals surface area contributed by atoms with Crippen LogP contribution in [0, 0.1) is 6.92 Å². The summed E-state index contributed by atoms with van der Waals surface area (Å²) in [5.41, 5.74) is 3.95. The Labute approximate surface area is 97.8 Å². The summed E-state index contributed by atoms with van der Waals surface area (Å²) in [4.78, 5) is 13.9. The lowest BCUT2D eigenvalue weighted by atomic mass is 10.2. The monoisotopic (exact) mass is 223 g/mol. The molecule has 0 unspecified atom stereocenters. The highest BCUT2D eigenvalue weighted by Crippen LogP contribution is 1.98. The molecule has 0 aliphatic rings. The van der Waals surface area contributed by atoms with E-state index < -0.39 is 0 Å². The van der Waals surface area contributed by atoms with E-state index in [4.69, 9.17) is 0 Å². The standard InChI is InChI=1S/C8H9N3O.2C2H6/c1-7-3-2-4-9-8(7)5-10-11-6-12;2*1-2/h2-6H,1H3,(H,11,12);2*1-2H3/b10-5-;;. The molecule has 1 N–H and O–H groups in total. The van der Waals surface area contributed by atoms with Crippen LogP contribution in [0.15, 0.2) is 23.4 Å². The molecular weight excluding hydrogens is 202 g/mol. The summed E-state index contributed by atoms with van der Waals surface area (Å²) in [5, 5.41) is 3.62. The third kappa shape index (κ3) is 7.67. The number of hydrogen-bond donors (Lipinski definition) is 1. The molecule has 0 bridgehead atoms. The zero-order valence-electron chi connectivity index (χ0n) is 10.7.